The third kappa shape index (κ3) is 7.45. The Morgan fingerprint density at radius 2 is 1.62 bits per heavy atom. The van der Waals surface area contributed by atoms with Crippen LogP contribution >= 0.6 is 0 Å². The van der Waals surface area contributed by atoms with Gasteiger partial charge in [-0.05, 0) is 79.3 Å². The van der Waals surface area contributed by atoms with Crippen molar-refractivity contribution in [2.45, 2.75) is 45.8 Å². The molecule has 1 fully saturated rings. The number of rotatable bonds is 9. The average Bonchev–Trinajstić information content (AvgIpc) is 2.97. The van der Waals surface area contributed by atoms with Gasteiger partial charge < -0.3 is 10.2 Å². The number of anilines is 2. The van der Waals surface area contributed by atoms with Gasteiger partial charge in [-0.15, -0.1) is 0 Å². The maximum absolute atomic E-state index is 13.7. The molecule has 1 aliphatic heterocycles. The van der Waals surface area contributed by atoms with Crippen LogP contribution in [0.3, 0.4) is 0 Å². The molecule has 1 aliphatic rings. The molecule has 1 amide bonds. The summed E-state index contributed by atoms with van der Waals surface area (Å²) < 4.78 is 0. The van der Waals surface area contributed by atoms with Crippen LogP contribution in [-0.4, -0.2) is 39.8 Å². The van der Waals surface area contributed by atoms with Gasteiger partial charge in [0.05, 0.1) is 0 Å². The molecule has 5 heteroatoms. The standard InChI is InChI=1S/C35H38N4O/c1-27-8-6-7-11-31(27)14-17-35(40)39(34-19-22-38(23-20-34)25-29-9-4-3-5-10-29)26-30-12-15-32(16-13-30)37-33-18-21-36-28(2)24-33/h3-18,21,24,34H,19-20,22-23,25-26H2,1-2H3,(H,36,37)/b17-14+. The predicted octanol–water partition coefficient (Wildman–Crippen LogP) is 7.15. The summed E-state index contributed by atoms with van der Waals surface area (Å²) in [5, 5.41) is 3.44. The topological polar surface area (TPSA) is 48.5 Å². The first-order valence-electron chi connectivity index (χ1n) is 14.1. The van der Waals surface area contributed by atoms with Crippen LogP contribution in [0.2, 0.25) is 0 Å². The van der Waals surface area contributed by atoms with Crippen LogP contribution in [0.25, 0.3) is 6.08 Å². The van der Waals surface area contributed by atoms with Crippen molar-refractivity contribution in [3.63, 3.8) is 0 Å². The van der Waals surface area contributed by atoms with Crippen LogP contribution in [0, 0.1) is 13.8 Å². The average molecular weight is 531 g/mol. The van der Waals surface area contributed by atoms with E-state index in [1.54, 1.807) is 6.08 Å². The second kappa shape index (κ2) is 13.2. The summed E-state index contributed by atoms with van der Waals surface area (Å²) in [7, 11) is 0. The Bertz CT molecular complexity index is 1420. The second-order valence-electron chi connectivity index (χ2n) is 10.7. The summed E-state index contributed by atoms with van der Waals surface area (Å²) in [6.45, 7) is 7.58. The molecule has 1 N–H and O–H groups in total. The predicted molar refractivity (Wildman–Crippen MR) is 164 cm³/mol. The van der Waals surface area contributed by atoms with Crippen LogP contribution in [0.1, 0.15) is 40.8 Å². The molecule has 4 aromatic rings. The number of pyridine rings is 1. The van der Waals surface area contributed by atoms with Gasteiger partial charge in [0, 0.05) is 61.6 Å². The fraction of sp³-hybridized carbons (Fsp3) is 0.257. The zero-order valence-electron chi connectivity index (χ0n) is 23.5. The Balaban J connectivity index is 1.28. The van der Waals surface area contributed by atoms with E-state index in [2.05, 4.69) is 93.8 Å². The molecule has 0 spiro atoms. The maximum atomic E-state index is 13.7. The van der Waals surface area contributed by atoms with Gasteiger partial charge >= 0.3 is 0 Å². The molecule has 0 radical (unpaired) electrons. The number of carbonyl (C=O) groups excluding carboxylic acids is 1. The SMILES string of the molecule is Cc1cc(Nc2ccc(CN(C(=O)/C=C/c3ccccc3C)C3CCN(Cc4ccccc4)CC3)cc2)ccn1. The van der Waals surface area contributed by atoms with Crippen LogP contribution in [-0.2, 0) is 17.9 Å². The largest absolute Gasteiger partial charge is 0.355 e. The third-order valence-electron chi connectivity index (χ3n) is 7.62. The minimum Gasteiger partial charge on any atom is -0.355 e. The van der Waals surface area contributed by atoms with Crippen LogP contribution in [0.5, 0.6) is 0 Å². The van der Waals surface area contributed by atoms with Gasteiger partial charge in [0.1, 0.15) is 0 Å². The van der Waals surface area contributed by atoms with E-state index in [1.807, 2.05) is 43.5 Å². The highest BCUT2D eigenvalue weighted by Crippen LogP contribution is 2.23. The molecule has 0 atom stereocenters. The minimum atomic E-state index is 0.0687. The second-order valence-corrected chi connectivity index (χ2v) is 10.7. The first-order chi connectivity index (χ1) is 19.5. The van der Waals surface area contributed by atoms with Gasteiger partial charge in [-0.2, -0.15) is 0 Å². The van der Waals surface area contributed by atoms with E-state index in [9.17, 15) is 4.79 Å². The summed E-state index contributed by atoms with van der Waals surface area (Å²) >= 11 is 0. The number of carbonyl (C=O) groups is 1. The lowest BCUT2D eigenvalue weighted by molar-refractivity contribution is -0.130. The number of aryl methyl sites for hydroxylation is 2. The molecule has 2 heterocycles. The van der Waals surface area contributed by atoms with Crippen LogP contribution in [0.4, 0.5) is 11.4 Å². The van der Waals surface area contributed by atoms with Crippen molar-refractivity contribution >= 4 is 23.4 Å². The summed E-state index contributed by atoms with van der Waals surface area (Å²) in [6.07, 6.45) is 7.46. The quantitative estimate of drug-likeness (QED) is 0.234. The molecule has 0 saturated carbocycles. The Hall–Kier alpha value is -4.22. The van der Waals surface area contributed by atoms with Crippen LogP contribution in [0.15, 0.2) is 103 Å². The van der Waals surface area contributed by atoms with E-state index in [4.69, 9.17) is 0 Å². The first kappa shape index (κ1) is 27.4. The summed E-state index contributed by atoms with van der Waals surface area (Å²) in [6, 6.07) is 31.4. The maximum Gasteiger partial charge on any atom is 0.247 e. The van der Waals surface area contributed by atoms with Crippen molar-refractivity contribution < 1.29 is 4.79 Å². The molecule has 5 nitrogen and oxygen atoms in total. The molecule has 204 valence electrons. The first-order valence-corrected chi connectivity index (χ1v) is 14.1. The van der Waals surface area contributed by atoms with Crippen molar-refractivity contribution in [2.75, 3.05) is 18.4 Å². The van der Waals surface area contributed by atoms with Crippen molar-refractivity contribution in [1.29, 1.82) is 0 Å². The van der Waals surface area contributed by atoms with Crippen molar-refractivity contribution in [2.24, 2.45) is 0 Å². The van der Waals surface area contributed by atoms with E-state index in [-0.39, 0.29) is 11.9 Å². The highest BCUT2D eigenvalue weighted by Gasteiger charge is 2.27. The molecule has 40 heavy (non-hydrogen) atoms. The molecule has 3 aromatic carbocycles. The fourth-order valence-corrected chi connectivity index (χ4v) is 5.33. The number of hydrogen-bond acceptors (Lipinski definition) is 4. The Kier molecular flexibility index (Phi) is 9.04. The lowest BCUT2D eigenvalue weighted by atomic mass is 10.0. The number of nitrogens with zero attached hydrogens (tertiary/aromatic N) is 3. The number of benzene rings is 3. The van der Waals surface area contributed by atoms with E-state index in [0.29, 0.717) is 6.54 Å². The minimum absolute atomic E-state index is 0.0687. The smallest absolute Gasteiger partial charge is 0.247 e. The van der Waals surface area contributed by atoms with Gasteiger partial charge in [0.2, 0.25) is 5.91 Å². The summed E-state index contributed by atoms with van der Waals surface area (Å²) in [5.74, 6) is 0.0687. The van der Waals surface area contributed by atoms with E-state index in [0.717, 1.165) is 60.7 Å². The Morgan fingerprint density at radius 1 is 0.900 bits per heavy atom. The van der Waals surface area contributed by atoms with Gasteiger partial charge in [-0.1, -0.05) is 66.7 Å². The van der Waals surface area contributed by atoms with Crippen LogP contribution < -0.4 is 5.32 Å². The third-order valence-corrected chi connectivity index (χ3v) is 7.62. The lowest BCUT2D eigenvalue weighted by Gasteiger charge is -2.38. The number of aromatic nitrogens is 1. The normalized spacial score (nSPS) is 14.3. The van der Waals surface area contributed by atoms with Gasteiger partial charge in [0.25, 0.3) is 0 Å². The molecule has 5 rings (SSSR count). The monoisotopic (exact) mass is 530 g/mol. The van der Waals surface area contributed by atoms with E-state index in [1.165, 1.54) is 11.1 Å². The number of piperidine rings is 1. The number of hydrogen-bond donors (Lipinski definition) is 1. The zero-order valence-corrected chi connectivity index (χ0v) is 23.5. The Morgan fingerprint density at radius 3 is 2.35 bits per heavy atom. The van der Waals surface area contributed by atoms with Gasteiger partial charge in [-0.3, -0.25) is 14.7 Å². The van der Waals surface area contributed by atoms with Gasteiger partial charge in [0.15, 0.2) is 0 Å². The van der Waals surface area contributed by atoms with Crippen molar-refractivity contribution in [1.82, 2.24) is 14.8 Å². The molecule has 1 saturated heterocycles. The molecule has 0 aliphatic carbocycles. The Labute approximate surface area is 238 Å². The molecular formula is C35H38N4O. The fourth-order valence-electron chi connectivity index (χ4n) is 5.33. The van der Waals surface area contributed by atoms with Crippen molar-refractivity contribution in [3.05, 3.63) is 131 Å². The molecule has 0 unspecified atom stereocenters. The number of likely N-dealkylation sites (tertiary alicyclic amines) is 1. The van der Waals surface area contributed by atoms with E-state index >= 15 is 0 Å². The molecule has 0 bridgehead atoms. The number of nitrogens with one attached hydrogen (secondary N) is 1. The highest BCUT2D eigenvalue weighted by molar-refractivity contribution is 5.92. The van der Waals surface area contributed by atoms with E-state index < -0.39 is 0 Å². The number of amides is 1. The molecular weight excluding hydrogens is 492 g/mol. The summed E-state index contributed by atoms with van der Waals surface area (Å²) in [5.41, 5.74) is 7.72. The van der Waals surface area contributed by atoms with Crippen molar-refractivity contribution in [3.8, 4) is 0 Å². The zero-order chi connectivity index (χ0) is 27.7. The van der Waals surface area contributed by atoms with Gasteiger partial charge in [-0.25, -0.2) is 0 Å². The lowest BCUT2D eigenvalue weighted by Crippen LogP contribution is -2.46. The highest BCUT2D eigenvalue weighted by atomic mass is 16.2. The summed E-state index contributed by atoms with van der Waals surface area (Å²) in [4.78, 5) is 22.5. The molecule has 1 aromatic heterocycles.